The average molecular weight is 366 g/mol. The van der Waals surface area contributed by atoms with E-state index in [1.54, 1.807) is 19.2 Å². The molecule has 27 heavy (non-hydrogen) atoms. The normalized spacial score (nSPS) is 23.8. The maximum atomic E-state index is 12.9. The summed E-state index contributed by atoms with van der Waals surface area (Å²) >= 11 is 0. The molecule has 4 rings (SSSR count). The Bertz CT molecular complexity index is 896. The number of rotatable bonds is 3. The zero-order valence-electron chi connectivity index (χ0n) is 15.7. The van der Waals surface area contributed by atoms with Gasteiger partial charge in [0.15, 0.2) is 5.78 Å². The summed E-state index contributed by atoms with van der Waals surface area (Å²) in [5, 5.41) is 10.6. The van der Waals surface area contributed by atoms with Crippen LogP contribution in [0.4, 0.5) is 0 Å². The van der Waals surface area contributed by atoms with Crippen molar-refractivity contribution in [3.05, 3.63) is 69.6 Å². The van der Waals surface area contributed by atoms with Crippen LogP contribution in [0.2, 0.25) is 0 Å². The Morgan fingerprint density at radius 2 is 1.67 bits per heavy atom. The number of hydrogen-bond acceptors (Lipinski definition) is 4. The molecule has 5 nitrogen and oxygen atoms in total. The zero-order valence-corrected chi connectivity index (χ0v) is 15.7. The van der Waals surface area contributed by atoms with E-state index < -0.39 is 0 Å². The van der Waals surface area contributed by atoms with Gasteiger partial charge in [-0.3, -0.25) is 14.5 Å². The molecule has 2 heterocycles. The van der Waals surface area contributed by atoms with Crippen LogP contribution in [0.5, 0.6) is 0 Å². The second-order valence-electron chi connectivity index (χ2n) is 7.79. The first-order valence-corrected chi connectivity index (χ1v) is 9.74. The number of piperidine rings is 1. The molecule has 0 radical (unpaired) electrons. The summed E-state index contributed by atoms with van der Waals surface area (Å²) in [6.07, 6.45) is 2.75. The maximum absolute atomic E-state index is 12.9. The van der Waals surface area contributed by atoms with Gasteiger partial charge in [0.25, 0.3) is 5.56 Å². The molecule has 1 aromatic heterocycles. The summed E-state index contributed by atoms with van der Waals surface area (Å²) in [6, 6.07) is 13.3. The van der Waals surface area contributed by atoms with Crippen LogP contribution in [0, 0.1) is 5.92 Å². The topological polar surface area (TPSA) is 62.5 Å². The first kappa shape index (κ1) is 18.1. The van der Waals surface area contributed by atoms with Crippen molar-refractivity contribution in [2.45, 2.75) is 37.8 Å². The maximum Gasteiger partial charge on any atom is 0.250 e. The number of aromatic nitrogens is 1. The molecule has 1 aromatic carbocycles. The highest BCUT2D eigenvalue weighted by Gasteiger charge is 2.35. The molecule has 0 amide bonds. The molecule has 0 unspecified atom stereocenters. The van der Waals surface area contributed by atoms with Crippen molar-refractivity contribution in [3.63, 3.8) is 0 Å². The highest BCUT2D eigenvalue weighted by atomic mass is 16.3. The van der Waals surface area contributed by atoms with Gasteiger partial charge in [0.05, 0.1) is 11.8 Å². The standard InChI is InChI=1S/C22H26N2O3/c1-23-18(7-4-8-21(23)26)22(27)15-9-11-24(12-10-15)19-13-16-5-2-3-6-17(16)14-20(19)25/h2-8,15,19-20,25H,9-14H2,1H3/t19-,20-/m0/s1. The summed E-state index contributed by atoms with van der Waals surface area (Å²) in [5.74, 6) is 0.00616. The number of likely N-dealkylation sites (tertiary alicyclic amines) is 1. The molecule has 1 fully saturated rings. The predicted molar refractivity (Wildman–Crippen MR) is 104 cm³/mol. The number of nitrogens with zero attached hydrogens (tertiary/aromatic N) is 2. The largest absolute Gasteiger partial charge is 0.391 e. The van der Waals surface area contributed by atoms with Crippen LogP contribution in [0.1, 0.15) is 34.5 Å². The van der Waals surface area contributed by atoms with Crippen LogP contribution in [-0.2, 0) is 19.9 Å². The van der Waals surface area contributed by atoms with E-state index in [0.29, 0.717) is 12.1 Å². The lowest BCUT2D eigenvalue weighted by atomic mass is 9.83. The van der Waals surface area contributed by atoms with E-state index in [2.05, 4.69) is 23.1 Å². The third-order valence-corrected chi connectivity index (χ3v) is 6.23. The van der Waals surface area contributed by atoms with Crippen molar-refractivity contribution in [1.82, 2.24) is 9.47 Å². The van der Waals surface area contributed by atoms with Gasteiger partial charge in [-0.2, -0.15) is 0 Å². The number of aliphatic hydroxyl groups excluding tert-OH is 1. The Morgan fingerprint density at radius 1 is 1.00 bits per heavy atom. The fourth-order valence-electron chi connectivity index (χ4n) is 4.56. The van der Waals surface area contributed by atoms with Crippen molar-refractivity contribution in [2.24, 2.45) is 13.0 Å². The summed E-state index contributed by atoms with van der Waals surface area (Å²) in [7, 11) is 1.65. The lowest BCUT2D eigenvalue weighted by molar-refractivity contribution is 0.0238. The van der Waals surface area contributed by atoms with E-state index in [1.807, 2.05) is 6.07 Å². The van der Waals surface area contributed by atoms with Crippen LogP contribution in [0.25, 0.3) is 0 Å². The SMILES string of the molecule is Cn1c(C(=O)C2CCN([C@H]3Cc4ccccc4C[C@@H]3O)CC2)cccc1=O. The lowest BCUT2D eigenvalue weighted by Crippen LogP contribution is -2.51. The molecule has 2 atom stereocenters. The summed E-state index contributed by atoms with van der Waals surface area (Å²) in [5.41, 5.74) is 2.91. The molecule has 2 aliphatic rings. The van der Waals surface area contributed by atoms with Crippen molar-refractivity contribution < 1.29 is 9.90 Å². The van der Waals surface area contributed by atoms with E-state index in [0.717, 1.165) is 32.4 Å². The highest BCUT2D eigenvalue weighted by Crippen LogP contribution is 2.29. The van der Waals surface area contributed by atoms with Crippen LogP contribution < -0.4 is 5.56 Å². The van der Waals surface area contributed by atoms with Gasteiger partial charge in [0.1, 0.15) is 0 Å². The number of aliphatic hydroxyl groups is 1. The Morgan fingerprint density at radius 3 is 2.37 bits per heavy atom. The number of pyridine rings is 1. The van der Waals surface area contributed by atoms with Crippen molar-refractivity contribution in [1.29, 1.82) is 0 Å². The van der Waals surface area contributed by atoms with Gasteiger partial charge in [-0.1, -0.05) is 30.3 Å². The first-order valence-electron chi connectivity index (χ1n) is 9.74. The lowest BCUT2D eigenvalue weighted by Gasteiger charge is -2.41. The van der Waals surface area contributed by atoms with E-state index in [-0.39, 0.29) is 29.4 Å². The van der Waals surface area contributed by atoms with Crippen molar-refractivity contribution in [3.8, 4) is 0 Å². The third-order valence-electron chi connectivity index (χ3n) is 6.23. The minimum absolute atomic E-state index is 0.0535. The number of hydrogen-bond donors (Lipinski definition) is 1. The third kappa shape index (κ3) is 3.49. The summed E-state index contributed by atoms with van der Waals surface area (Å²) in [4.78, 5) is 27.0. The van der Waals surface area contributed by atoms with Crippen LogP contribution in [0.3, 0.4) is 0 Å². The average Bonchev–Trinajstić information content (AvgIpc) is 2.69. The fourth-order valence-corrected chi connectivity index (χ4v) is 4.56. The number of carbonyl (C=O) groups excluding carboxylic acids is 1. The van der Waals surface area contributed by atoms with Gasteiger partial charge in [0, 0.05) is 31.5 Å². The number of Topliss-reactive ketones (excluding diaryl/α,β-unsaturated/α-hetero) is 1. The number of fused-ring (bicyclic) bond motifs is 1. The summed E-state index contributed by atoms with van der Waals surface area (Å²) in [6.45, 7) is 1.61. The number of benzene rings is 1. The number of carbonyl (C=O) groups is 1. The molecule has 1 aliphatic carbocycles. The van der Waals surface area contributed by atoms with Crippen LogP contribution >= 0.6 is 0 Å². The van der Waals surface area contributed by atoms with Gasteiger partial charge in [0.2, 0.25) is 0 Å². The molecule has 2 aromatic rings. The van der Waals surface area contributed by atoms with Crippen LogP contribution in [-0.4, -0.2) is 45.6 Å². The fraction of sp³-hybridized carbons (Fsp3) is 0.455. The van der Waals surface area contributed by atoms with E-state index in [4.69, 9.17) is 0 Å². The van der Waals surface area contributed by atoms with Gasteiger partial charge in [-0.25, -0.2) is 0 Å². The van der Waals surface area contributed by atoms with Crippen molar-refractivity contribution in [2.75, 3.05) is 13.1 Å². The summed E-state index contributed by atoms with van der Waals surface area (Å²) < 4.78 is 1.44. The van der Waals surface area contributed by atoms with Crippen molar-refractivity contribution >= 4 is 5.78 Å². The minimum atomic E-state index is -0.359. The molecular weight excluding hydrogens is 340 g/mol. The zero-order chi connectivity index (χ0) is 19.0. The first-order chi connectivity index (χ1) is 13.0. The molecule has 1 N–H and O–H groups in total. The number of ketones is 1. The van der Waals surface area contributed by atoms with E-state index >= 15 is 0 Å². The monoisotopic (exact) mass is 366 g/mol. The Kier molecular flexibility index (Phi) is 4.98. The molecule has 5 heteroatoms. The molecule has 142 valence electrons. The van der Waals surface area contributed by atoms with Gasteiger partial charge in [-0.15, -0.1) is 0 Å². The molecule has 0 bridgehead atoms. The van der Waals surface area contributed by atoms with E-state index in [1.165, 1.54) is 21.8 Å². The van der Waals surface area contributed by atoms with E-state index in [9.17, 15) is 14.7 Å². The Hall–Kier alpha value is -2.24. The minimum Gasteiger partial charge on any atom is -0.391 e. The van der Waals surface area contributed by atoms with Gasteiger partial charge >= 0.3 is 0 Å². The second kappa shape index (κ2) is 7.41. The molecule has 0 spiro atoms. The smallest absolute Gasteiger partial charge is 0.250 e. The second-order valence-corrected chi connectivity index (χ2v) is 7.79. The Balaban J connectivity index is 1.43. The molecule has 1 aliphatic heterocycles. The van der Waals surface area contributed by atoms with Gasteiger partial charge < -0.3 is 9.67 Å². The predicted octanol–water partition coefficient (Wildman–Crippen LogP) is 1.81. The Labute approximate surface area is 159 Å². The van der Waals surface area contributed by atoms with Crippen LogP contribution in [0.15, 0.2) is 47.3 Å². The quantitative estimate of drug-likeness (QED) is 0.842. The molecular formula is C22H26N2O3. The van der Waals surface area contributed by atoms with Gasteiger partial charge in [-0.05, 0) is 49.5 Å². The highest BCUT2D eigenvalue weighted by molar-refractivity contribution is 5.96. The molecule has 1 saturated heterocycles. The molecule has 0 saturated carbocycles.